The molecule has 0 heterocycles. The van der Waals surface area contributed by atoms with Crippen LogP contribution in [0.15, 0.2) is 48.5 Å². The summed E-state index contributed by atoms with van der Waals surface area (Å²) in [7, 11) is 3.80. The predicted molar refractivity (Wildman–Crippen MR) is 107 cm³/mol. The van der Waals surface area contributed by atoms with Gasteiger partial charge in [-0.2, -0.15) is 0 Å². The van der Waals surface area contributed by atoms with E-state index in [0.29, 0.717) is 0 Å². The number of hydrogen-bond donors (Lipinski definition) is 0. The smallest absolute Gasteiger partial charge is 0.0720 e. The van der Waals surface area contributed by atoms with Gasteiger partial charge in [0, 0.05) is 10.6 Å². The monoisotopic (exact) mass is 347 g/mol. The topological polar surface area (TPSA) is 0 Å². The van der Waals surface area contributed by atoms with Crippen molar-refractivity contribution in [2.45, 2.75) is 27.7 Å². The van der Waals surface area contributed by atoms with Crippen molar-refractivity contribution in [3.8, 4) is 22.3 Å². The van der Waals surface area contributed by atoms with Crippen LogP contribution in [-0.4, -0.2) is 10.2 Å². The first-order chi connectivity index (χ1) is 11.3. The minimum absolute atomic E-state index is 0.774. The quantitative estimate of drug-likeness (QED) is 0.521. The summed E-state index contributed by atoms with van der Waals surface area (Å²) >= 11 is 6.65. The second kappa shape index (κ2) is 6.58. The lowest BCUT2D eigenvalue weighted by atomic mass is 9.91. The van der Waals surface area contributed by atoms with Crippen LogP contribution in [0.4, 0.5) is 0 Å². The molecule has 3 rings (SSSR count). The number of aryl methyl sites for hydroxylation is 4. The van der Waals surface area contributed by atoms with Gasteiger partial charge in [0.15, 0.2) is 0 Å². The minimum atomic E-state index is 0.774. The molecule has 3 aromatic rings. The molecule has 0 aliphatic rings. The molecule has 0 unspecified atom stereocenters. The van der Waals surface area contributed by atoms with Gasteiger partial charge in [0.05, 0.1) is 10.2 Å². The highest BCUT2D eigenvalue weighted by molar-refractivity contribution is 6.40. The summed E-state index contributed by atoms with van der Waals surface area (Å²) in [4.78, 5) is 0. The molecular formula is C22H20ClSi. The van der Waals surface area contributed by atoms with Crippen molar-refractivity contribution in [1.29, 1.82) is 0 Å². The Labute approximate surface area is 152 Å². The molecule has 0 amide bonds. The maximum absolute atomic E-state index is 6.65. The summed E-state index contributed by atoms with van der Waals surface area (Å²) < 4.78 is 0. The number of benzene rings is 3. The average Bonchev–Trinajstić information content (AvgIpc) is 2.47. The van der Waals surface area contributed by atoms with E-state index < -0.39 is 0 Å². The molecule has 2 heteroatoms. The average molecular weight is 348 g/mol. The van der Waals surface area contributed by atoms with Gasteiger partial charge in [-0.3, -0.25) is 0 Å². The van der Waals surface area contributed by atoms with Gasteiger partial charge >= 0.3 is 0 Å². The number of halogens is 1. The summed E-state index contributed by atoms with van der Waals surface area (Å²) in [5, 5.41) is 1.83. The number of hydrogen-bond acceptors (Lipinski definition) is 0. The first-order valence-electron chi connectivity index (χ1n) is 8.06. The van der Waals surface area contributed by atoms with Crippen molar-refractivity contribution in [1.82, 2.24) is 0 Å². The minimum Gasteiger partial charge on any atom is -0.0836 e. The zero-order valence-corrected chi connectivity index (χ0v) is 16.3. The van der Waals surface area contributed by atoms with Gasteiger partial charge in [-0.15, -0.1) is 0 Å². The Morgan fingerprint density at radius 2 is 1.04 bits per heavy atom. The third kappa shape index (κ3) is 3.33. The SMILES string of the molecule is Cc1cc(C)cc(-c2c([Si])ccc(Cl)c2-c2cc(C)cc(C)c2)c1. The molecule has 0 saturated heterocycles. The molecule has 0 saturated carbocycles. The highest BCUT2D eigenvalue weighted by Gasteiger charge is 2.15. The van der Waals surface area contributed by atoms with E-state index in [9.17, 15) is 0 Å². The second-order valence-electron chi connectivity index (χ2n) is 6.60. The molecule has 119 valence electrons. The van der Waals surface area contributed by atoms with Crippen LogP contribution in [0.1, 0.15) is 22.3 Å². The van der Waals surface area contributed by atoms with Crippen molar-refractivity contribution in [3.63, 3.8) is 0 Å². The third-order valence-corrected chi connectivity index (χ3v) is 4.91. The van der Waals surface area contributed by atoms with Crippen LogP contribution >= 0.6 is 11.6 Å². The zero-order chi connectivity index (χ0) is 17.4. The van der Waals surface area contributed by atoms with Gasteiger partial charge in [-0.25, -0.2) is 0 Å². The third-order valence-electron chi connectivity index (χ3n) is 4.18. The van der Waals surface area contributed by atoms with E-state index in [0.717, 1.165) is 26.9 Å². The molecular weight excluding hydrogens is 328 g/mol. The highest BCUT2D eigenvalue weighted by Crippen LogP contribution is 2.37. The fourth-order valence-electron chi connectivity index (χ4n) is 3.40. The molecule has 0 spiro atoms. The predicted octanol–water partition coefficient (Wildman–Crippen LogP) is 5.70. The fraction of sp³-hybridized carbons (Fsp3) is 0.182. The van der Waals surface area contributed by atoms with Gasteiger partial charge < -0.3 is 0 Å². The van der Waals surface area contributed by atoms with Gasteiger partial charge in [0.1, 0.15) is 0 Å². The van der Waals surface area contributed by atoms with E-state index in [-0.39, 0.29) is 0 Å². The Kier molecular flexibility index (Phi) is 4.66. The zero-order valence-electron chi connectivity index (χ0n) is 14.5. The lowest BCUT2D eigenvalue weighted by molar-refractivity contribution is 1.37. The van der Waals surface area contributed by atoms with Gasteiger partial charge in [-0.05, 0) is 50.5 Å². The summed E-state index contributed by atoms with van der Waals surface area (Å²) in [6.45, 7) is 8.51. The molecule has 0 N–H and O–H groups in total. The lowest BCUT2D eigenvalue weighted by Crippen LogP contribution is -2.09. The van der Waals surface area contributed by atoms with Crippen LogP contribution in [0.5, 0.6) is 0 Å². The van der Waals surface area contributed by atoms with Crippen LogP contribution in [0, 0.1) is 27.7 Å². The Morgan fingerprint density at radius 1 is 0.625 bits per heavy atom. The van der Waals surface area contributed by atoms with E-state index in [1.807, 2.05) is 12.1 Å². The summed E-state index contributed by atoms with van der Waals surface area (Å²) in [6.07, 6.45) is 0. The standard InChI is InChI=1S/C22H20ClSi/c1-13-7-14(2)10-17(9-13)21-19(23)5-6-20(24)22(21)18-11-15(3)8-16(4)12-18/h5-12H,1-4H3. The molecule has 24 heavy (non-hydrogen) atoms. The van der Waals surface area contributed by atoms with Crippen molar-refractivity contribution in [2.75, 3.05) is 0 Å². The molecule has 0 atom stereocenters. The summed E-state index contributed by atoms with van der Waals surface area (Å²) in [5.41, 5.74) is 9.57. The Morgan fingerprint density at radius 3 is 1.50 bits per heavy atom. The normalized spacial score (nSPS) is 10.9. The summed E-state index contributed by atoms with van der Waals surface area (Å²) in [5.74, 6) is 0. The largest absolute Gasteiger partial charge is 0.0836 e. The Balaban J connectivity index is 2.36. The van der Waals surface area contributed by atoms with Crippen molar-refractivity contribution >= 4 is 27.0 Å². The first kappa shape index (κ1) is 17.0. The van der Waals surface area contributed by atoms with Crippen molar-refractivity contribution in [2.24, 2.45) is 0 Å². The van der Waals surface area contributed by atoms with Crippen molar-refractivity contribution in [3.05, 3.63) is 75.8 Å². The fourth-order valence-corrected chi connectivity index (χ4v) is 4.02. The molecule has 0 aromatic heterocycles. The van der Waals surface area contributed by atoms with Crippen LogP contribution in [0.25, 0.3) is 22.3 Å². The Hall–Kier alpha value is -1.83. The molecule has 3 aromatic carbocycles. The number of rotatable bonds is 2. The molecule has 0 bridgehead atoms. The Bertz CT molecular complexity index is 808. The maximum Gasteiger partial charge on any atom is 0.0720 e. The molecule has 0 aliphatic heterocycles. The molecule has 0 fully saturated rings. The molecule has 3 radical (unpaired) electrons. The van der Waals surface area contributed by atoms with E-state index in [4.69, 9.17) is 11.6 Å². The van der Waals surface area contributed by atoms with Crippen LogP contribution in [0.2, 0.25) is 5.02 Å². The lowest BCUT2D eigenvalue weighted by Gasteiger charge is -2.17. The van der Waals surface area contributed by atoms with Crippen LogP contribution in [0.3, 0.4) is 0 Å². The molecule has 0 aliphatic carbocycles. The highest BCUT2D eigenvalue weighted by atomic mass is 35.5. The van der Waals surface area contributed by atoms with Gasteiger partial charge in [0.25, 0.3) is 0 Å². The van der Waals surface area contributed by atoms with Crippen molar-refractivity contribution < 1.29 is 0 Å². The van der Waals surface area contributed by atoms with Crippen LogP contribution < -0.4 is 5.19 Å². The van der Waals surface area contributed by atoms with Crippen LogP contribution in [-0.2, 0) is 0 Å². The second-order valence-corrected chi connectivity index (χ2v) is 7.54. The maximum atomic E-state index is 6.65. The van der Waals surface area contributed by atoms with Gasteiger partial charge in [-0.1, -0.05) is 81.5 Å². The van der Waals surface area contributed by atoms with Gasteiger partial charge in [0.2, 0.25) is 0 Å². The van der Waals surface area contributed by atoms with E-state index in [1.165, 1.54) is 27.8 Å². The van der Waals surface area contributed by atoms with E-state index >= 15 is 0 Å². The first-order valence-corrected chi connectivity index (χ1v) is 8.94. The van der Waals surface area contributed by atoms with E-state index in [1.54, 1.807) is 0 Å². The van der Waals surface area contributed by atoms with E-state index in [2.05, 4.69) is 74.3 Å². The summed E-state index contributed by atoms with van der Waals surface area (Å²) in [6, 6.07) is 17.2. The molecule has 0 nitrogen and oxygen atoms in total.